The summed E-state index contributed by atoms with van der Waals surface area (Å²) in [7, 11) is 2.37. The van der Waals surface area contributed by atoms with Crippen LogP contribution in [-0.4, -0.2) is 21.5 Å². The molecule has 1 rings (SSSR count). The number of carbonyl (C=O) groups excluding carboxylic acids is 1. The van der Waals surface area contributed by atoms with E-state index in [1.54, 1.807) is 6.07 Å². The molecular weight excluding hydrogens is 356 g/mol. The number of benzene rings is 1. The van der Waals surface area contributed by atoms with Crippen molar-refractivity contribution in [3.63, 3.8) is 0 Å². The number of non-ortho nitro benzene ring substituents is 1. The lowest BCUT2D eigenvalue weighted by atomic mass is 10.0. The minimum atomic E-state index is -0.917. The Morgan fingerprint density at radius 3 is 2.54 bits per heavy atom. The smallest absolute Gasteiger partial charge is 0.287 e. The molecule has 1 aromatic carbocycles. The number of carbonyl (C=O) groups is 1. The molecule has 0 heterocycles. The van der Waals surface area contributed by atoms with Gasteiger partial charge in [0, 0.05) is 22.8 Å². The number of nitro benzene ring substituents is 2. The fourth-order valence-electron chi connectivity index (χ4n) is 1.57. The van der Waals surface area contributed by atoms with Crippen LogP contribution in [0.4, 0.5) is 11.4 Å². The third-order valence-corrected chi connectivity index (χ3v) is 5.20. The van der Waals surface area contributed by atoms with E-state index < -0.39 is 38.3 Å². The first-order chi connectivity index (χ1) is 11.3. The van der Waals surface area contributed by atoms with Crippen LogP contribution in [0.1, 0.15) is 36.2 Å². The van der Waals surface area contributed by atoms with Gasteiger partial charge in [-0.05, 0) is 5.92 Å². The van der Waals surface area contributed by atoms with Crippen LogP contribution in [0.25, 0.3) is 0 Å². The highest BCUT2D eigenvalue weighted by molar-refractivity contribution is 8.76. The molecule has 0 saturated heterocycles. The maximum absolute atomic E-state index is 12.2. The van der Waals surface area contributed by atoms with Crippen molar-refractivity contribution in [2.45, 2.75) is 20.3 Å². The van der Waals surface area contributed by atoms with Gasteiger partial charge in [0.05, 0.1) is 21.5 Å². The fraction of sp³-hybridized carbons (Fsp3) is 0.385. The average molecular weight is 370 g/mol. The van der Waals surface area contributed by atoms with Crippen molar-refractivity contribution in [1.82, 2.24) is 4.72 Å². The summed E-state index contributed by atoms with van der Waals surface area (Å²) in [5.41, 5.74) is -2.29. The van der Waals surface area contributed by atoms with Crippen LogP contribution < -0.4 is 4.72 Å². The van der Waals surface area contributed by atoms with Crippen molar-refractivity contribution in [3.05, 3.63) is 43.5 Å². The molecule has 24 heavy (non-hydrogen) atoms. The van der Waals surface area contributed by atoms with E-state index in [-0.39, 0.29) is 0 Å². The van der Waals surface area contributed by atoms with Crippen LogP contribution >= 0.6 is 21.8 Å². The van der Waals surface area contributed by atoms with Crippen LogP contribution in [0.15, 0.2) is 12.1 Å². The normalized spacial score (nSPS) is 11.4. The van der Waals surface area contributed by atoms with Gasteiger partial charge < -0.3 is 0 Å². The number of nitro groups is 2. The van der Waals surface area contributed by atoms with Gasteiger partial charge in [-0.3, -0.25) is 29.7 Å². The molecule has 1 amide bonds. The van der Waals surface area contributed by atoms with Crippen molar-refractivity contribution in [2.24, 2.45) is 5.92 Å². The minimum absolute atomic E-state index is 0.416. The Bertz CT molecular complexity index is 704. The van der Waals surface area contributed by atoms with E-state index in [0.29, 0.717) is 12.0 Å². The molecule has 11 heteroatoms. The number of amides is 1. The summed E-state index contributed by atoms with van der Waals surface area (Å²) in [6.45, 7) is 4.08. The standard InChI is InChI=1S/C13H14N4O5S2/c1-3-8(2)7-23-24-15-13(18)12-9(6-14)4-10(16(19)20)5-11(12)17(21)22/h4-5,8H,3,7H2,1-2H3,(H,15,18). The monoisotopic (exact) mass is 370 g/mol. The van der Waals surface area contributed by atoms with Crippen molar-refractivity contribution in [3.8, 4) is 6.07 Å². The molecule has 0 aromatic heterocycles. The van der Waals surface area contributed by atoms with Gasteiger partial charge in [0.25, 0.3) is 17.3 Å². The molecule has 0 saturated carbocycles. The number of nitrogens with zero attached hydrogens (tertiary/aromatic N) is 3. The van der Waals surface area contributed by atoms with Crippen molar-refractivity contribution in [2.75, 3.05) is 5.75 Å². The van der Waals surface area contributed by atoms with Crippen molar-refractivity contribution >= 4 is 39.1 Å². The fourth-order valence-corrected chi connectivity index (χ4v) is 3.65. The number of hydrogen-bond acceptors (Lipinski definition) is 8. The Balaban J connectivity index is 3.04. The molecule has 0 bridgehead atoms. The Kier molecular flexibility index (Phi) is 7.47. The van der Waals surface area contributed by atoms with E-state index in [2.05, 4.69) is 4.72 Å². The highest BCUT2D eigenvalue weighted by atomic mass is 33.1. The summed E-state index contributed by atoms with van der Waals surface area (Å²) < 4.78 is 2.41. The van der Waals surface area contributed by atoms with E-state index in [1.807, 2.05) is 13.8 Å². The Morgan fingerprint density at radius 2 is 2.04 bits per heavy atom. The first-order valence-electron chi connectivity index (χ1n) is 6.77. The SMILES string of the molecule is CCC(C)CSSNC(=O)c1c(C#N)cc([N+](=O)[O-])cc1[N+](=O)[O-]. The van der Waals surface area contributed by atoms with Crippen LogP contribution in [-0.2, 0) is 0 Å². The molecule has 1 atom stereocenters. The molecule has 0 aliphatic heterocycles. The summed E-state index contributed by atoms with van der Waals surface area (Å²) in [6.07, 6.45) is 0.980. The Labute approximate surface area is 145 Å². The predicted molar refractivity (Wildman–Crippen MR) is 91.4 cm³/mol. The average Bonchev–Trinajstić information content (AvgIpc) is 2.56. The molecule has 0 radical (unpaired) electrons. The van der Waals surface area contributed by atoms with Gasteiger partial charge in [0.1, 0.15) is 11.6 Å². The third kappa shape index (κ3) is 5.10. The van der Waals surface area contributed by atoms with E-state index in [1.165, 1.54) is 10.8 Å². The molecule has 1 N–H and O–H groups in total. The Morgan fingerprint density at radius 1 is 1.38 bits per heavy atom. The second kappa shape index (κ2) is 9.09. The predicted octanol–water partition coefficient (Wildman–Crippen LogP) is 3.45. The van der Waals surface area contributed by atoms with Crippen LogP contribution in [0.3, 0.4) is 0 Å². The van der Waals surface area contributed by atoms with Crippen LogP contribution in [0.2, 0.25) is 0 Å². The quantitative estimate of drug-likeness (QED) is 0.241. The summed E-state index contributed by atoms with van der Waals surface area (Å²) in [5.74, 6) is 0.382. The lowest BCUT2D eigenvalue weighted by Gasteiger charge is -2.08. The summed E-state index contributed by atoms with van der Waals surface area (Å²) in [4.78, 5) is 32.3. The molecule has 0 spiro atoms. The first-order valence-corrected chi connectivity index (χ1v) is 9.09. The molecule has 9 nitrogen and oxygen atoms in total. The van der Waals surface area contributed by atoms with Gasteiger partial charge in [-0.2, -0.15) is 5.26 Å². The second-order valence-corrected chi connectivity index (χ2v) is 6.97. The number of nitriles is 1. The summed E-state index contributed by atoms with van der Waals surface area (Å²) in [5, 5.41) is 31.0. The zero-order chi connectivity index (χ0) is 18.3. The number of hydrogen-bond donors (Lipinski definition) is 1. The molecule has 0 aliphatic carbocycles. The number of nitrogens with one attached hydrogen (secondary N) is 1. The van der Waals surface area contributed by atoms with E-state index in [9.17, 15) is 25.0 Å². The highest BCUT2D eigenvalue weighted by Gasteiger charge is 2.29. The van der Waals surface area contributed by atoms with Crippen molar-refractivity contribution < 1.29 is 14.6 Å². The molecule has 1 unspecified atom stereocenters. The zero-order valence-electron chi connectivity index (χ0n) is 12.8. The van der Waals surface area contributed by atoms with E-state index in [4.69, 9.17) is 5.26 Å². The van der Waals surface area contributed by atoms with E-state index in [0.717, 1.165) is 29.2 Å². The second-order valence-electron chi connectivity index (χ2n) is 4.83. The molecule has 128 valence electrons. The number of rotatable bonds is 8. The highest BCUT2D eigenvalue weighted by Crippen LogP contribution is 2.30. The van der Waals surface area contributed by atoms with Gasteiger partial charge in [0.2, 0.25) is 0 Å². The molecule has 0 fully saturated rings. The van der Waals surface area contributed by atoms with Gasteiger partial charge in [0.15, 0.2) is 0 Å². The van der Waals surface area contributed by atoms with E-state index >= 15 is 0 Å². The van der Waals surface area contributed by atoms with Crippen molar-refractivity contribution in [1.29, 1.82) is 5.26 Å². The Hall–Kier alpha value is -2.32. The van der Waals surface area contributed by atoms with Gasteiger partial charge >= 0.3 is 0 Å². The molecule has 1 aromatic rings. The van der Waals surface area contributed by atoms with Gasteiger partial charge in [-0.1, -0.05) is 31.1 Å². The first kappa shape index (κ1) is 19.7. The lowest BCUT2D eigenvalue weighted by Crippen LogP contribution is -2.18. The minimum Gasteiger partial charge on any atom is -0.287 e. The van der Waals surface area contributed by atoms with Crippen LogP contribution in [0.5, 0.6) is 0 Å². The lowest BCUT2D eigenvalue weighted by molar-refractivity contribution is -0.394. The maximum Gasteiger partial charge on any atom is 0.290 e. The van der Waals surface area contributed by atoms with Crippen LogP contribution in [0, 0.1) is 37.5 Å². The topological polar surface area (TPSA) is 139 Å². The summed E-state index contributed by atoms with van der Waals surface area (Å²) in [6, 6.07) is 3.12. The maximum atomic E-state index is 12.2. The third-order valence-electron chi connectivity index (χ3n) is 3.10. The van der Waals surface area contributed by atoms with Gasteiger partial charge in [-0.15, -0.1) is 0 Å². The largest absolute Gasteiger partial charge is 0.290 e. The summed E-state index contributed by atoms with van der Waals surface area (Å²) >= 11 is 0. The molecule has 0 aliphatic rings. The van der Waals surface area contributed by atoms with Gasteiger partial charge in [-0.25, -0.2) is 0 Å². The zero-order valence-corrected chi connectivity index (χ0v) is 14.5. The molecular formula is C13H14N4O5S2.